The Labute approximate surface area is 272 Å². The van der Waals surface area contributed by atoms with Crippen molar-refractivity contribution in [3.63, 3.8) is 0 Å². The summed E-state index contributed by atoms with van der Waals surface area (Å²) in [5.41, 5.74) is 8.66. The lowest BCUT2D eigenvalue weighted by Gasteiger charge is -2.15. The highest BCUT2D eigenvalue weighted by atomic mass is 15.0. The van der Waals surface area contributed by atoms with Crippen LogP contribution in [0.4, 0.5) is 0 Å². The van der Waals surface area contributed by atoms with Crippen LogP contribution >= 0.6 is 0 Å². The molecular formula is C43H28N4. The fourth-order valence-corrected chi connectivity index (χ4v) is 6.64. The molecule has 0 N–H and O–H groups in total. The molecule has 0 atom stereocenters. The average Bonchev–Trinajstić information content (AvgIpc) is 3.49. The molecule has 0 spiro atoms. The van der Waals surface area contributed by atoms with Crippen molar-refractivity contribution < 1.29 is 0 Å². The van der Waals surface area contributed by atoms with E-state index in [1.54, 1.807) is 0 Å². The van der Waals surface area contributed by atoms with Gasteiger partial charge < -0.3 is 4.57 Å². The molecule has 47 heavy (non-hydrogen) atoms. The van der Waals surface area contributed by atoms with Crippen molar-refractivity contribution in [1.29, 1.82) is 0 Å². The van der Waals surface area contributed by atoms with E-state index in [9.17, 15) is 0 Å². The van der Waals surface area contributed by atoms with Gasteiger partial charge in [0.1, 0.15) is 0 Å². The third-order valence-electron chi connectivity index (χ3n) is 8.88. The first-order valence-corrected chi connectivity index (χ1v) is 15.8. The summed E-state index contributed by atoms with van der Waals surface area (Å²) in [6, 6.07) is 59.2. The van der Waals surface area contributed by atoms with Crippen LogP contribution in [0.15, 0.2) is 170 Å². The van der Waals surface area contributed by atoms with Crippen LogP contribution in [0, 0.1) is 0 Å². The fourth-order valence-electron chi connectivity index (χ4n) is 6.64. The van der Waals surface area contributed by atoms with Crippen LogP contribution in [0.1, 0.15) is 0 Å². The van der Waals surface area contributed by atoms with E-state index in [0.717, 1.165) is 38.7 Å². The predicted octanol–water partition coefficient (Wildman–Crippen LogP) is 10.8. The van der Waals surface area contributed by atoms with E-state index < -0.39 is 0 Å². The largest absolute Gasteiger partial charge is 0.309 e. The van der Waals surface area contributed by atoms with Gasteiger partial charge in [0.05, 0.1) is 16.7 Å². The summed E-state index contributed by atoms with van der Waals surface area (Å²) < 4.78 is 2.37. The minimum Gasteiger partial charge on any atom is -0.309 e. The Morgan fingerprint density at radius 3 is 1.34 bits per heavy atom. The molecule has 0 aliphatic rings. The van der Waals surface area contributed by atoms with E-state index in [2.05, 4.69) is 138 Å². The van der Waals surface area contributed by atoms with Gasteiger partial charge in [0.25, 0.3) is 0 Å². The van der Waals surface area contributed by atoms with Crippen LogP contribution in [-0.4, -0.2) is 19.5 Å². The van der Waals surface area contributed by atoms with Gasteiger partial charge in [-0.2, -0.15) is 0 Å². The van der Waals surface area contributed by atoms with Crippen molar-refractivity contribution >= 4 is 32.6 Å². The Morgan fingerprint density at radius 1 is 0.298 bits per heavy atom. The number of para-hydroxylation sites is 2. The van der Waals surface area contributed by atoms with E-state index in [1.165, 1.54) is 27.4 Å². The highest BCUT2D eigenvalue weighted by molar-refractivity contribution is 6.11. The van der Waals surface area contributed by atoms with Gasteiger partial charge in [-0.3, -0.25) is 0 Å². The van der Waals surface area contributed by atoms with Crippen LogP contribution in [0.3, 0.4) is 0 Å². The van der Waals surface area contributed by atoms with Crippen molar-refractivity contribution in [2.75, 3.05) is 0 Å². The Bertz CT molecular complexity index is 2500. The average molecular weight is 601 g/mol. The number of aromatic nitrogens is 4. The van der Waals surface area contributed by atoms with E-state index in [1.807, 2.05) is 36.4 Å². The topological polar surface area (TPSA) is 43.6 Å². The van der Waals surface area contributed by atoms with Gasteiger partial charge in [-0.05, 0) is 40.8 Å². The number of hydrogen-bond donors (Lipinski definition) is 0. The molecule has 4 nitrogen and oxygen atoms in total. The van der Waals surface area contributed by atoms with Gasteiger partial charge in [0.15, 0.2) is 17.5 Å². The summed E-state index contributed by atoms with van der Waals surface area (Å²) in [5.74, 6) is 1.93. The highest BCUT2D eigenvalue weighted by Crippen LogP contribution is 2.38. The van der Waals surface area contributed by atoms with Crippen LogP contribution in [0.2, 0.25) is 0 Å². The van der Waals surface area contributed by atoms with Crippen molar-refractivity contribution in [3.8, 4) is 51.0 Å². The van der Waals surface area contributed by atoms with Gasteiger partial charge in [-0.15, -0.1) is 0 Å². The Morgan fingerprint density at radius 2 is 0.723 bits per heavy atom. The minimum absolute atomic E-state index is 0.643. The minimum atomic E-state index is 0.643. The molecule has 0 unspecified atom stereocenters. The summed E-state index contributed by atoms with van der Waals surface area (Å²) in [6.07, 6.45) is 0. The molecule has 2 heterocycles. The van der Waals surface area contributed by atoms with E-state index in [4.69, 9.17) is 15.0 Å². The zero-order chi connectivity index (χ0) is 31.2. The molecule has 4 heteroatoms. The first-order valence-electron chi connectivity index (χ1n) is 15.8. The van der Waals surface area contributed by atoms with E-state index in [-0.39, 0.29) is 0 Å². The van der Waals surface area contributed by atoms with Crippen LogP contribution in [0.25, 0.3) is 83.6 Å². The fraction of sp³-hybridized carbons (Fsp3) is 0. The molecule has 0 aliphatic carbocycles. The maximum Gasteiger partial charge on any atom is 0.164 e. The molecule has 0 radical (unpaired) electrons. The van der Waals surface area contributed by atoms with Gasteiger partial charge in [0, 0.05) is 32.8 Å². The number of fused-ring (bicyclic) bond motifs is 4. The summed E-state index contributed by atoms with van der Waals surface area (Å²) in [4.78, 5) is 15.2. The Hall–Kier alpha value is -6.39. The zero-order valence-electron chi connectivity index (χ0n) is 25.5. The molecule has 0 amide bonds. The third kappa shape index (κ3) is 4.66. The summed E-state index contributed by atoms with van der Waals surface area (Å²) >= 11 is 0. The summed E-state index contributed by atoms with van der Waals surface area (Å²) in [7, 11) is 0. The van der Waals surface area contributed by atoms with E-state index in [0.29, 0.717) is 17.5 Å². The molecule has 0 saturated carbocycles. The van der Waals surface area contributed by atoms with Crippen LogP contribution < -0.4 is 0 Å². The molecule has 2 aromatic heterocycles. The van der Waals surface area contributed by atoms with Crippen molar-refractivity contribution in [1.82, 2.24) is 19.5 Å². The molecule has 9 aromatic rings. The first kappa shape index (κ1) is 27.0. The van der Waals surface area contributed by atoms with Gasteiger partial charge in [0.2, 0.25) is 0 Å². The second kappa shape index (κ2) is 11.2. The molecular weight excluding hydrogens is 573 g/mol. The summed E-state index contributed by atoms with van der Waals surface area (Å²) in [5, 5.41) is 4.70. The molecule has 0 bridgehead atoms. The standard InChI is InChI=1S/C43H28N4/c1-3-13-29(14-4-1)30-23-25-32(26-24-30)42-44-41(31-15-5-2-6-16-31)45-43(46-42)37-27-28-40(34-18-8-7-17-33(34)37)47-38-21-11-9-19-35(38)36-20-10-12-22-39(36)47/h1-28H. The maximum atomic E-state index is 5.12. The van der Waals surface area contributed by atoms with Crippen LogP contribution in [0.5, 0.6) is 0 Å². The van der Waals surface area contributed by atoms with Crippen LogP contribution in [-0.2, 0) is 0 Å². The second-order valence-electron chi connectivity index (χ2n) is 11.7. The number of nitrogens with zero attached hydrogens (tertiary/aromatic N) is 4. The smallest absolute Gasteiger partial charge is 0.164 e. The van der Waals surface area contributed by atoms with Crippen molar-refractivity contribution in [2.45, 2.75) is 0 Å². The Kier molecular flexibility index (Phi) is 6.43. The summed E-state index contributed by atoms with van der Waals surface area (Å²) in [6.45, 7) is 0. The number of hydrogen-bond acceptors (Lipinski definition) is 3. The molecule has 220 valence electrons. The van der Waals surface area contributed by atoms with Crippen molar-refractivity contribution in [3.05, 3.63) is 170 Å². The van der Waals surface area contributed by atoms with Gasteiger partial charge >= 0.3 is 0 Å². The lowest BCUT2D eigenvalue weighted by atomic mass is 10.0. The molecule has 0 aliphatic heterocycles. The Balaban J connectivity index is 1.24. The molecule has 9 rings (SSSR count). The lowest BCUT2D eigenvalue weighted by molar-refractivity contribution is 1.08. The predicted molar refractivity (Wildman–Crippen MR) is 193 cm³/mol. The molecule has 0 fully saturated rings. The maximum absolute atomic E-state index is 5.12. The molecule has 7 aromatic carbocycles. The van der Waals surface area contributed by atoms with E-state index >= 15 is 0 Å². The third-order valence-corrected chi connectivity index (χ3v) is 8.88. The number of rotatable bonds is 5. The molecule has 0 saturated heterocycles. The van der Waals surface area contributed by atoms with Crippen molar-refractivity contribution in [2.24, 2.45) is 0 Å². The normalized spacial score (nSPS) is 11.4. The monoisotopic (exact) mass is 600 g/mol. The SMILES string of the molecule is c1ccc(-c2ccc(-c3nc(-c4ccccc4)nc(-c4ccc(-n5c6ccccc6c6ccccc65)c5ccccc45)n3)cc2)cc1. The highest BCUT2D eigenvalue weighted by Gasteiger charge is 2.18. The van der Waals surface area contributed by atoms with Gasteiger partial charge in [-0.1, -0.05) is 146 Å². The van der Waals surface area contributed by atoms with Gasteiger partial charge in [-0.25, -0.2) is 15.0 Å². The zero-order valence-corrected chi connectivity index (χ0v) is 25.5. The quantitative estimate of drug-likeness (QED) is 0.197. The second-order valence-corrected chi connectivity index (χ2v) is 11.7. The number of benzene rings is 7. The first-order chi connectivity index (χ1) is 23.3. The lowest BCUT2D eigenvalue weighted by Crippen LogP contribution is -2.01.